The number of amides is 3. The van der Waals surface area contributed by atoms with Crippen LogP contribution in [0, 0.1) is 5.92 Å². The molecule has 0 aromatic heterocycles. The van der Waals surface area contributed by atoms with E-state index < -0.39 is 35.9 Å². The molecule has 3 amide bonds. The smallest absolute Gasteiger partial charge is 0.326 e. The van der Waals surface area contributed by atoms with Gasteiger partial charge >= 0.3 is 5.97 Å². The zero-order chi connectivity index (χ0) is 27.1. The lowest BCUT2D eigenvalue weighted by molar-refractivity contribution is -0.142. The van der Waals surface area contributed by atoms with Crippen LogP contribution in [0.3, 0.4) is 0 Å². The number of nitrogens with zero attached hydrogens (tertiary/aromatic N) is 1. The Labute approximate surface area is 212 Å². The minimum Gasteiger partial charge on any atom is -0.480 e. The molecule has 1 saturated heterocycles. The Morgan fingerprint density at radius 2 is 1.61 bits per heavy atom. The second-order valence-electron chi connectivity index (χ2n) is 9.53. The third-order valence-corrected chi connectivity index (χ3v) is 5.86. The van der Waals surface area contributed by atoms with Gasteiger partial charge in [-0.1, -0.05) is 13.8 Å². The zero-order valence-electron chi connectivity index (χ0n) is 21.4. The summed E-state index contributed by atoms with van der Waals surface area (Å²) in [5.74, 6) is -2.57. The highest BCUT2D eigenvalue weighted by Gasteiger charge is 2.31. The monoisotopic (exact) mass is 512 g/mol. The van der Waals surface area contributed by atoms with Crippen molar-refractivity contribution >= 4 is 29.7 Å². The minimum absolute atomic E-state index is 0.0409. The first-order chi connectivity index (χ1) is 17.0. The highest BCUT2D eigenvalue weighted by Crippen LogP contribution is 2.10. The molecule has 36 heavy (non-hydrogen) atoms. The van der Waals surface area contributed by atoms with Crippen molar-refractivity contribution < 1.29 is 24.3 Å². The van der Waals surface area contributed by atoms with Crippen LogP contribution < -0.4 is 38.5 Å². The fraction of sp³-hybridized carbons (Fsp3) is 0.783. The second kappa shape index (κ2) is 16.7. The van der Waals surface area contributed by atoms with Gasteiger partial charge in [0.2, 0.25) is 17.7 Å². The normalized spacial score (nSPS) is 17.6. The molecule has 1 fully saturated rings. The second-order valence-corrected chi connectivity index (χ2v) is 9.53. The molecular weight excluding hydrogens is 468 g/mol. The number of carbonyl (C=O) groups is 4. The van der Waals surface area contributed by atoms with Crippen LogP contribution in [0.1, 0.15) is 65.2 Å². The summed E-state index contributed by atoms with van der Waals surface area (Å²) in [7, 11) is 0. The Hall–Kier alpha value is -2.93. The van der Waals surface area contributed by atoms with Crippen LogP contribution in [0.5, 0.6) is 0 Å². The summed E-state index contributed by atoms with van der Waals surface area (Å²) in [5.41, 5.74) is 16.2. The average molecular weight is 513 g/mol. The molecule has 0 aromatic carbocycles. The van der Waals surface area contributed by atoms with Crippen LogP contribution in [-0.2, 0) is 19.2 Å². The third kappa shape index (κ3) is 12.2. The van der Waals surface area contributed by atoms with E-state index in [2.05, 4.69) is 26.3 Å². The van der Waals surface area contributed by atoms with E-state index in [9.17, 15) is 24.3 Å². The van der Waals surface area contributed by atoms with E-state index in [-0.39, 0.29) is 43.2 Å². The average Bonchev–Trinajstić information content (AvgIpc) is 3.34. The van der Waals surface area contributed by atoms with E-state index in [1.807, 2.05) is 13.8 Å². The largest absolute Gasteiger partial charge is 0.480 e. The van der Waals surface area contributed by atoms with Gasteiger partial charge in [0.25, 0.3) is 0 Å². The van der Waals surface area contributed by atoms with E-state index in [1.165, 1.54) is 0 Å². The van der Waals surface area contributed by atoms with Crippen LogP contribution in [0.2, 0.25) is 0 Å². The third-order valence-electron chi connectivity index (χ3n) is 5.86. The topological polar surface area (TPSA) is 227 Å². The molecule has 4 atom stereocenters. The Morgan fingerprint density at radius 1 is 0.972 bits per heavy atom. The van der Waals surface area contributed by atoms with Crippen LogP contribution in [0.15, 0.2) is 4.99 Å². The van der Waals surface area contributed by atoms with Crippen LogP contribution in [0.25, 0.3) is 0 Å². The van der Waals surface area contributed by atoms with Gasteiger partial charge in [0, 0.05) is 6.54 Å². The number of hydrogen-bond donors (Lipinski definition) is 8. The number of unbranched alkanes of at least 4 members (excludes halogenated alkanes) is 1. The van der Waals surface area contributed by atoms with Gasteiger partial charge in [-0.25, -0.2) is 4.79 Å². The van der Waals surface area contributed by atoms with Crippen molar-refractivity contribution in [3.8, 4) is 0 Å². The maximum absolute atomic E-state index is 13.2. The number of aliphatic carboxylic acids is 1. The molecule has 0 spiro atoms. The zero-order valence-corrected chi connectivity index (χ0v) is 21.4. The Balaban J connectivity index is 2.92. The summed E-state index contributed by atoms with van der Waals surface area (Å²) < 4.78 is 0. The molecule has 11 N–H and O–H groups in total. The lowest BCUT2D eigenvalue weighted by atomic mass is 10.0. The number of hydrogen-bond acceptors (Lipinski definition) is 7. The Kier molecular flexibility index (Phi) is 14.4. The molecule has 1 rings (SSSR count). The first-order valence-corrected chi connectivity index (χ1v) is 12.7. The van der Waals surface area contributed by atoms with E-state index >= 15 is 0 Å². The summed E-state index contributed by atoms with van der Waals surface area (Å²) in [5, 5.41) is 20.6. The Bertz CT molecular complexity index is 751. The van der Waals surface area contributed by atoms with Gasteiger partial charge in [-0.2, -0.15) is 0 Å². The van der Waals surface area contributed by atoms with Crippen molar-refractivity contribution in [2.24, 2.45) is 28.1 Å². The van der Waals surface area contributed by atoms with Gasteiger partial charge in [-0.3, -0.25) is 19.4 Å². The number of nitrogens with one attached hydrogen (secondary N) is 4. The number of aliphatic imine (C=N–C) groups is 1. The van der Waals surface area contributed by atoms with Gasteiger partial charge in [0.05, 0.1) is 6.04 Å². The van der Waals surface area contributed by atoms with Crippen LogP contribution in [-0.4, -0.2) is 78.6 Å². The number of nitrogens with two attached hydrogens (primary N) is 3. The predicted octanol–water partition coefficient (Wildman–Crippen LogP) is -1.49. The standard InChI is InChI=1S/C23H44N8O5/c1-14(2)13-18(21(34)30-17(22(35)36)7-3-4-10-24)31-20(33)16(9-6-12-28-23(25)26)29-19(32)15-8-5-11-27-15/h14-18,27H,3-13,24H2,1-2H3,(H,29,32)(H,30,34)(H,31,33)(H,35,36)(H4,25,26,28)/t15-,16-,17-,18-/m0/s1. The van der Waals surface area contributed by atoms with Gasteiger partial charge < -0.3 is 43.6 Å². The van der Waals surface area contributed by atoms with Crippen molar-refractivity contribution in [3.63, 3.8) is 0 Å². The predicted molar refractivity (Wildman–Crippen MR) is 137 cm³/mol. The highest BCUT2D eigenvalue weighted by atomic mass is 16.4. The molecule has 1 aliphatic rings. The highest BCUT2D eigenvalue weighted by molar-refractivity contribution is 5.94. The van der Waals surface area contributed by atoms with Gasteiger partial charge in [-0.05, 0) is 70.4 Å². The maximum Gasteiger partial charge on any atom is 0.326 e. The molecular formula is C23H44N8O5. The van der Waals surface area contributed by atoms with Gasteiger partial charge in [0.1, 0.15) is 18.1 Å². The molecule has 0 radical (unpaired) electrons. The molecule has 0 aliphatic carbocycles. The molecule has 0 unspecified atom stereocenters. The summed E-state index contributed by atoms with van der Waals surface area (Å²) in [6, 6.07) is -3.33. The number of guanidine groups is 1. The van der Waals surface area contributed by atoms with E-state index in [0.29, 0.717) is 38.6 Å². The minimum atomic E-state index is -1.15. The molecule has 206 valence electrons. The van der Waals surface area contributed by atoms with Gasteiger partial charge in [0.15, 0.2) is 5.96 Å². The number of carboxylic acid groups (broad SMARTS) is 1. The first-order valence-electron chi connectivity index (χ1n) is 12.7. The van der Waals surface area contributed by atoms with Crippen LogP contribution >= 0.6 is 0 Å². The van der Waals surface area contributed by atoms with E-state index in [4.69, 9.17) is 17.2 Å². The SMILES string of the molecule is CC(C)C[C@H](NC(=O)[C@H](CCCN=C(N)N)NC(=O)[C@@H]1CCCN1)C(=O)N[C@@H](CCCCN)C(=O)O. The van der Waals surface area contributed by atoms with Crippen LogP contribution in [0.4, 0.5) is 0 Å². The molecule has 0 aromatic rings. The van der Waals surface area contributed by atoms with Crippen molar-refractivity contribution in [1.82, 2.24) is 21.3 Å². The number of rotatable bonds is 17. The molecule has 0 saturated carbocycles. The quantitative estimate of drug-likeness (QED) is 0.0643. The molecule has 13 nitrogen and oxygen atoms in total. The van der Waals surface area contributed by atoms with Crippen molar-refractivity contribution in [3.05, 3.63) is 0 Å². The Morgan fingerprint density at radius 3 is 2.17 bits per heavy atom. The van der Waals surface area contributed by atoms with Crippen molar-refractivity contribution in [2.75, 3.05) is 19.6 Å². The lowest BCUT2D eigenvalue weighted by Crippen LogP contribution is -2.57. The summed E-state index contributed by atoms with van der Waals surface area (Å²) in [4.78, 5) is 54.4. The molecule has 13 heteroatoms. The first kappa shape index (κ1) is 31.1. The molecule has 1 aliphatic heterocycles. The molecule has 0 bridgehead atoms. The molecule has 1 heterocycles. The van der Waals surface area contributed by atoms with Gasteiger partial charge in [-0.15, -0.1) is 0 Å². The van der Waals surface area contributed by atoms with E-state index in [0.717, 1.165) is 13.0 Å². The summed E-state index contributed by atoms with van der Waals surface area (Å²) in [6.07, 6.45) is 3.95. The number of carbonyl (C=O) groups excluding carboxylic acids is 3. The summed E-state index contributed by atoms with van der Waals surface area (Å²) in [6.45, 7) is 5.22. The number of carboxylic acids is 1. The van der Waals surface area contributed by atoms with E-state index in [1.54, 1.807) is 0 Å². The fourth-order valence-corrected chi connectivity index (χ4v) is 3.95. The lowest BCUT2D eigenvalue weighted by Gasteiger charge is -2.26. The van der Waals surface area contributed by atoms with Crippen molar-refractivity contribution in [1.29, 1.82) is 0 Å². The van der Waals surface area contributed by atoms with Crippen molar-refractivity contribution in [2.45, 2.75) is 89.4 Å². The maximum atomic E-state index is 13.2. The summed E-state index contributed by atoms with van der Waals surface area (Å²) >= 11 is 0. The fourth-order valence-electron chi connectivity index (χ4n) is 3.95.